The fourth-order valence-electron chi connectivity index (χ4n) is 4.67. The number of benzene rings is 1. The lowest BCUT2D eigenvalue weighted by Crippen LogP contribution is -2.41. The summed E-state index contributed by atoms with van der Waals surface area (Å²) in [4.78, 5) is 36.0. The van der Waals surface area contributed by atoms with Gasteiger partial charge < -0.3 is 15.1 Å². The second kappa shape index (κ2) is 11.0. The number of nitrogens with zero attached hydrogens (tertiary/aromatic N) is 3. The van der Waals surface area contributed by atoms with Crippen LogP contribution in [-0.4, -0.2) is 74.9 Å². The zero-order valence-corrected chi connectivity index (χ0v) is 19.8. The largest absolute Gasteiger partial charge is 0.478 e. The molecule has 2 amide bonds. The number of likely N-dealkylation sites (N-methyl/N-ethyl adjacent to an activating group) is 1. The van der Waals surface area contributed by atoms with Gasteiger partial charge in [0.2, 0.25) is 0 Å². The van der Waals surface area contributed by atoms with E-state index in [1.807, 2.05) is 18.5 Å². The molecule has 4 rings (SSSR count). The molecule has 2 heterocycles. The van der Waals surface area contributed by atoms with Crippen molar-refractivity contribution in [1.29, 1.82) is 0 Å². The summed E-state index contributed by atoms with van der Waals surface area (Å²) in [6, 6.07) is 6.86. The van der Waals surface area contributed by atoms with Crippen molar-refractivity contribution in [1.82, 2.24) is 14.5 Å². The van der Waals surface area contributed by atoms with Gasteiger partial charge in [-0.05, 0) is 56.0 Å². The summed E-state index contributed by atoms with van der Waals surface area (Å²) >= 11 is 0. The molecule has 2 aromatic rings. The van der Waals surface area contributed by atoms with Crippen LogP contribution >= 0.6 is 0 Å². The van der Waals surface area contributed by atoms with E-state index >= 15 is 0 Å². The number of fused-ring (bicyclic) bond motifs is 2. The number of hydrogen-bond donors (Lipinski definition) is 3. The molecule has 182 valence electrons. The van der Waals surface area contributed by atoms with Crippen molar-refractivity contribution in [3.05, 3.63) is 53.8 Å². The highest BCUT2D eigenvalue weighted by Gasteiger charge is 2.32. The molecule has 0 spiro atoms. The van der Waals surface area contributed by atoms with Crippen molar-refractivity contribution in [2.45, 2.75) is 39.7 Å². The number of carboxylic acids is 2. The van der Waals surface area contributed by atoms with Gasteiger partial charge in [-0.2, -0.15) is 0 Å². The Kier molecular flexibility index (Phi) is 8.12. The molecule has 0 bridgehead atoms. The van der Waals surface area contributed by atoms with E-state index < -0.39 is 11.9 Å². The fourth-order valence-corrected chi connectivity index (χ4v) is 4.67. The van der Waals surface area contributed by atoms with Crippen molar-refractivity contribution < 1.29 is 24.6 Å². The number of aromatic nitrogens is 1. The lowest BCUT2D eigenvalue weighted by molar-refractivity contribution is -0.134. The first kappa shape index (κ1) is 25.0. The van der Waals surface area contributed by atoms with Gasteiger partial charge >= 0.3 is 18.0 Å². The van der Waals surface area contributed by atoms with E-state index in [-0.39, 0.29) is 6.03 Å². The van der Waals surface area contributed by atoms with Gasteiger partial charge in [-0.15, -0.1) is 0 Å². The van der Waals surface area contributed by atoms with Crippen molar-refractivity contribution in [3.63, 3.8) is 0 Å². The average molecular weight is 469 g/mol. The molecule has 9 heteroatoms. The van der Waals surface area contributed by atoms with E-state index in [1.165, 1.54) is 22.1 Å². The summed E-state index contributed by atoms with van der Waals surface area (Å²) in [6.07, 6.45) is 7.78. The van der Waals surface area contributed by atoms with E-state index in [0.29, 0.717) is 31.3 Å². The molecule has 0 radical (unpaired) electrons. The van der Waals surface area contributed by atoms with Crippen molar-refractivity contribution in [2.24, 2.45) is 0 Å². The summed E-state index contributed by atoms with van der Waals surface area (Å²) < 4.78 is 1.92. The molecule has 0 saturated carbocycles. The van der Waals surface area contributed by atoms with Crippen LogP contribution in [0.3, 0.4) is 0 Å². The molecule has 1 aliphatic heterocycles. The molecule has 1 aromatic carbocycles. The smallest absolute Gasteiger partial charge is 0.336 e. The number of rotatable bonds is 6. The van der Waals surface area contributed by atoms with E-state index in [4.69, 9.17) is 10.2 Å². The van der Waals surface area contributed by atoms with Crippen LogP contribution in [0.4, 0.5) is 4.79 Å². The third kappa shape index (κ3) is 5.31. The minimum absolute atomic E-state index is 0.0464. The number of amides is 2. The molecule has 0 unspecified atom stereocenters. The van der Waals surface area contributed by atoms with E-state index in [0.717, 1.165) is 31.4 Å². The van der Waals surface area contributed by atoms with Gasteiger partial charge in [0.25, 0.3) is 0 Å². The van der Waals surface area contributed by atoms with E-state index in [2.05, 4.69) is 47.7 Å². The standard InChI is InChI=1S/C21H28N4O.C4H4O4/c1-4-23(5-2)21(26)22-25-14-15-13-19-16(10-8-12-24(19)6-3)17-9-7-11-18(25)20(15)17;5-3(6)1-2-4(7)8/h7,9-11,14,19H,4-6,8,12-13H2,1-3H3,(H,22,26);1-2H,(H,5,6)(H,7,8)/b;2-1-/t19-;/m1./s1. The third-order valence-electron chi connectivity index (χ3n) is 6.25. The van der Waals surface area contributed by atoms with Gasteiger partial charge in [0.05, 0.1) is 5.52 Å². The Labute approximate surface area is 198 Å². The average Bonchev–Trinajstić information content (AvgIpc) is 3.17. The van der Waals surface area contributed by atoms with Crippen LogP contribution in [0.5, 0.6) is 0 Å². The van der Waals surface area contributed by atoms with Gasteiger partial charge in [0.15, 0.2) is 0 Å². The predicted octanol–water partition coefficient (Wildman–Crippen LogP) is 3.39. The minimum atomic E-state index is -1.26. The highest BCUT2D eigenvalue weighted by Crippen LogP contribution is 2.40. The topological polar surface area (TPSA) is 115 Å². The third-order valence-corrected chi connectivity index (χ3v) is 6.25. The van der Waals surface area contributed by atoms with Crippen molar-refractivity contribution in [3.8, 4) is 0 Å². The van der Waals surface area contributed by atoms with E-state index in [9.17, 15) is 14.4 Å². The number of carboxylic acid groups (broad SMARTS) is 2. The van der Waals surface area contributed by atoms with Crippen molar-refractivity contribution >= 4 is 34.4 Å². The molecule has 9 nitrogen and oxygen atoms in total. The SMILES string of the molecule is CCN(CC)C(=O)Nn1cc2c3c(cccc31)C1=CCCN(CC)[C@@H]1C2.O=C(O)/C=C\C(=O)O. The quantitative estimate of drug-likeness (QED) is 0.560. The Balaban J connectivity index is 0.000000350. The molecule has 0 saturated heterocycles. The predicted molar refractivity (Wildman–Crippen MR) is 131 cm³/mol. The Morgan fingerprint density at radius 3 is 2.38 bits per heavy atom. The molecule has 1 aromatic heterocycles. The summed E-state index contributed by atoms with van der Waals surface area (Å²) in [5.74, 6) is -2.51. The monoisotopic (exact) mass is 468 g/mol. The maximum atomic E-state index is 12.5. The van der Waals surface area contributed by atoms with Crippen LogP contribution in [0, 0.1) is 0 Å². The lowest BCUT2D eigenvalue weighted by atomic mass is 9.82. The van der Waals surface area contributed by atoms with Crippen molar-refractivity contribution in [2.75, 3.05) is 31.6 Å². The molecule has 1 aliphatic carbocycles. The van der Waals surface area contributed by atoms with Crippen LogP contribution in [0.25, 0.3) is 16.5 Å². The number of urea groups is 1. The molecule has 3 N–H and O–H groups in total. The van der Waals surface area contributed by atoms with Gasteiger partial charge in [0, 0.05) is 49.4 Å². The van der Waals surface area contributed by atoms with Gasteiger partial charge in [-0.1, -0.05) is 25.1 Å². The van der Waals surface area contributed by atoms with Gasteiger partial charge in [-0.25, -0.2) is 19.8 Å². The maximum Gasteiger partial charge on any atom is 0.336 e. The normalized spacial score (nSPS) is 16.9. The first-order valence-electron chi connectivity index (χ1n) is 11.6. The minimum Gasteiger partial charge on any atom is -0.478 e. The highest BCUT2D eigenvalue weighted by molar-refractivity contribution is 5.99. The Hall–Kier alpha value is -3.59. The first-order valence-corrected chi connectivity index (χ1v) is 11.6. The summed E-state index contributed by atoms with van der Waals surface area (Å²) in [6.45, 7) is 9.88. The number of aliphatic carboxylic acids is 2. The van der Waals surface area contributed by atoms with Gasteiger partial charge in [-0.3, -0.25) is 9.58 Å². The molecule has 2 aliphatic rings. The second-order valence-electron chi connectivity index (χ2n) is 8.12. The Morgan fingerprint density at radius 2 is 1.79 bits per heavy atom. The van der Waals surface area contributed by atoms with Gasteiger partial charge in [0.1, 0.15) is 0 Å². The molecular weight excluding hydrogens is 436 g/mol. The molecule has 0 fully saturated rings. The first-order chi connectivity index (χ1) is 16.3. The number of carbonyl (C=O) groups excluding carboxylic acids is 1. The second-order valence-corrected chi connectivity index (χ2v) is 8.12. The summed E-state index contributed by atoms with van der Waals surface area (Å²) in [7, 11) is 0. The zero-order valence-electron chi connectivity index (χ0n) is 19.8. The Bertz CT molecular complexity index is 1110. The van der Waals surface area contributed by atoms with E-state index in [1.54, 1.807) is 4.90 Å². The molecular formula is C25H32N4O5. The molecule has 34 heavy (non-hydrogen) atoms. The van der Waals surface area contributed by atoms with Crippen LogP contribution in [-0.2, 0) is 16.0 Å². The Morgan fingerprint density at radius 1 is 1.12 bits per heavy atom. The molecule has 1 atom stereocenters. The number of hydrogen-bond acceptors (Lipinski definition) is 4. The van der Waals surface area contributed by atoms with Crippen LogP contribution in [0.2, 0.25) is 0 Å². The van der Waals surface area contributed by atoms with Crippen LogP contribution in [0.1, 0.15) is 38.3 Å². The maximum absolute atomic E-state index is 12.5. The van der Waals surface area contributed by atoms with Crippen LogP contribution < -0.4 is 5.43 Å². The lowest BCUT2D eigenvalue weighted by Gasteiger charge is -2.38. The number of carbonyl (C=O) groups is 3. The van der Waals surface area contributed by atoms with Crippen LogP contribution in [0.15, 0.2) is 42.6 Å². The fraction of sp³-hybridized carbons (Fsp3) is 0.400. The summed E-state index contributed by atoms with van der Waals surface area (Å²) in [5.41, 5.74) is 8.29. The highest BCUT2D eigenvalue weighted by atomic mass is 16.4. The summed E-state index contributed by atoms with van der Waals surface area (Å²) in [5, 5.41) is 16.9. The number of nitrogens with one attached hydrogen (secondary N) is 1. The zero-order chi connectivity index (χ0) is 24.8.